The zero-order chi connectivity index (χ0) is 19.4. The molecule has 1 aromatic heterocycles. The molecule has 2 amide bonds. The molecule has 0 bridgehead atoms. The topological polar surface area (TPSA) is 76.5 Å². The molecular formula is C18H20F2N4O3. The number of alkyl halides is 2. The fourth-order valence-electron chi connectivity index (χ4n) is 3.12. The highest BCUT2D eigenvalue weighted by molar-refractivity contribution is 6.00. The summed E-state index contributed by atoms with van der Waals surface area (Å²) >= 11 is 0. The highest BCUT2D eigenvalue weighted by Gasteiger charge is 2.35. The molecule has 9 heteroatoms. The van der Waals surface area contributed by atoms with Gasteiger partial charge in [-0.1, -0.05) is 0 Å². The molecule has 1 aliphatic heterocycles. The van der Waals surface area contributed by atoms with Gasteiger partial charge in [0.05, 0.1) is 7.11 Å². The van der Waals surface area contributed by atoms with Crippen molar-refractivity contribution in [3.8, 4) is 5.75 Å². The van der Waals surface area contributed by atoms with E-state index in [-0.39, 0.29) is 11.6 Å². The molecule has 1 N–H and O–H groups in total. The van der Waals surface area contributed by atoms with Crippen LogP contribution in [0.1, 0.15) is 23.3 Å². The Hall–Kier alpha value is -2.97. The maximum Gasteiger partial charge on any atom is 0.272 e. The molecule has 0 radical (unpaired) electrons. The number of anilines is 1. The molecule has 1 atom stereocenters. The van der Waals surface area contributed by atoms with E-state index in [1.54, 1.807) is 31.4 Å². The van der Waals surface area contributed by atoms with E-state index >= 15 is 0 Å². The summed E-state index contributed by atoms with van der Waals surface area (Å²) in [7, 11) is 1.55. The van der Waals surface area contributed by atoms with Crippen molar-refractivity contribution < 1.29 is 23.1 Å². The molecule has 1 unspecified atom stereocenters. The van der Waals surface area contributed by atoms with Crippen LogP contribution < -0.4 is 10.1 Å². The van der Waals surface area contributed by atoms with Crippen molar-refractivity contribution in [2.24, 2.45) is 0 Å². The molecule has 2 aromatic rings. The zero-order valence-electron chi connectivity index (χ0n) is 14.8. The van der Waals surface area contributed by atoms with E-state index in [1.165, 1.54) is 17.2 Å². The van der Waals surface area contributed by atoms with Crippen LogP contribution in [-0.4, -0.2) is 52.6 Å². The Bertz CT molecular complexity index is 807. The van der Waals surface area contributed by atoms with Gasteiger partial charge in [-0.3, -0.25) is 14.3 Å². The minimum absolute atomic E-state index is 0.0550. The molecule has 0 spiro atoms. The number of aromatic nitrogens is 2. The van der Waals surface area contributed by atoms with Crippen LogP contribution in [0.25, 0.3) is 0 Å². The number of likely N-dealkylation sites (tertiary alicyclic amines) is 1. The summed E-state index contributed by atoms with van der Waals surface area (Å²) in [5.74, 6) is -0.121. The molecule has 0 saturated carbocycles. The van der Waals surface area contributed by atoms with Crippen LogP contribution in [0.5, 0.6) is 5.75 Å². The number of hydrogen-bond donors (Lipinski definition) is 1. The molecular weight excluding hydrogens is 358 g/mol. The lowest BCUT2D eigenvalue weighted by molar-refractivity contribution is -0.119. The van der Waals surface area contributed by atoms with Crippen LogP contribution in [0, 0.1) is 0 Å². The number of benzene rings is 1. The van der Waals surface area contributed by atoms with Crippen molar-refractivity contribution in [3.05, 3.63) is 42.2 Å². The lowest BCUT2D eigenvalue weighted by Gasteiger charge is -2.24. The van der Waals surface area contributed by atoms with Crippen molar-refractivity contribution >= 4 is 17.5 Å². The molecule has 1 aliphatic rings. The van der Waals surface area contributed by atoms with Crippen LogP contribution in [0.3, 0.4) is 0 Å². The van der Waals surface area contributed by atoms with Gasteiger partial charge < -0.3 is 15.0 Å². The number of carbonyl (C=O) groups excluding carboxylic acids is 2. The summed E-state index contributed by atoms with van der Waals surface area (Å²) in [4.78, 5) is 26.8. The smallest absolute Gasteiger partial charge is 0.272 e. The summed E-state index contributed by atoms with van der Waals surface area (Å²) in [6, 6.07) is 7.58. The maximum atomic E-state index is 12.8. The van der Waals surface area contributed by atoms with E-state index in [0.29, 0.717) is 30.8 Å². The van der Waals surface area contributed by atoms with Gasteiger partial charge in [0.1, 0.15) is 24.0 Å². The van der Waals surface area contributed by atoms with E-state index in [9.17, 15) is 18.4 Å². The van der Waals surface area contributed by atoms with Gasteiger partial charge in [-0.15, -0.1) is 0 Å². The van der Waals surface area contributed by atoms with Crippen molar-refractivity contribution in [3.63, 3.8) is 0 Å². The molecule has 0 aliphatic carbocycles. The van der Waals surface area contributed by atoms with Gasteiger partial charge in [-0.2, -0.15) is 5.10 Å². The molecule has 27 heavy (non-hydrogen) atoms. The van der Waals surface area contributed by atoms with E-state index in [4.69, 9.17) is 4.74 Å². The van der Waals surface area contributed by atoms with E-state index < -0.39 is 24.9 Å². The Morgan fingerprint density at radius 1 is 1.30 bits per heavy atom. The summed E-state index contributed by atoms with van der Waals surface area (Å²) < 4.78 is 31.4. The Labute approximate surface area is 154 Å². The summed E-state index contributed by atoms with van der Waals surface area (Å²) in [6.45, 7) is -0.274. The van der Waals surface area contributed by atoms with Crippen molar-refractivity contribution in [2.75, 3.05) is 19.0 Å². The third-order valence-corrected chi connectivity index (χ3v) is 4.42. The monoisotopic (exact) mass is 378 g/mol. The normalized spacial score (nSPS) is 16.6. The van der Waals surface area contributed by atoms with Crippen molar-refractivity contribution in [1.82, 2.24) is 14.7 Å². The fraction of sp³-hybridized carbons (Fsp3) is 0.389. The average molecular weight is 378 g/mol. The number of halogens is 2. The molecule has 3 rings (SSSR count). The number of rotatable bonds is 6. The van der Waals surface area contributed by atoms with Crippen LogP contribution in [-0.2, 0) is 11.3 Å². The second-order valence-corrected chi connectivity index (χ2v) is 6.16. The Morgan fingerprint density at radius 2 is 2.04 bits per heavy atom. The number of methoxy groups -OCH3 is 1. The van der Waals surface area contributed by atoms with Gasteiger partial charge in [-0.25, -0.2) is 8.78 Å². The molecule has 1 fully saturated rings. The summed E-state index contributed by atoms with van der Waals surface area (Å²) in [5.41, 5.74) is 0.641. The highest BCUT2D eigenvalue weighted by atomic mass is 19.3. The minimum atomic E-state index is -2.62. The fourth-order valence-corrected chi connectivity index (χ4v) is 3.12. The first-order valence-corrected chi connectivity index (χ1v) is 8.55. The largest absolute Gasteiger partial charge is 0.497 e. The van der Waals surface area contributed by atoms with Crippen LogP contribution >= 0.6 is 0 Å². The Morgan fingerprint density at radius 3 is 2.70 bits per heavy atom. The van der Waals surface area contributed by atoms with Crippen molar-refractivity contribution in [1.29, 1.82) is 0 Å². The number of carbonyl (C=O) groups is 2. The average Bonchev–Trinajstić information content (AvgIpc) is 3.30. The predicted molar refractivity (Wildman–Crippen MR) is 93.9 cm³/mol. The first kappa shape index (κ1) is 18.8. The first-order valence-electron chi connectivity index (χ1n) is 8.55. The number of amides is 2. The molecule has 1 saturated heterocycles. The van der Waals surface area contributed by atoms with Gasteiger partial charge in [0.15, 0.2) is 0 Å². The molecule has 2 heterocycles. The lowest BCUT2D eigenvalue weighted by atomic mass is 10.2. The number of nitrogens with one attached hydrogen (secondary N) is 1. The minimum Gasteiger partial charge on any atom is -0.497 e. The second-order valence-electron chi connectivity index (χ2n) is 6.16. The van der Waals surface area contributed by atoms with Gasteiger partial charge in [0.25, 0.3) is 12.3 Å². The molecule has 7 nitrogen and oxygen atoms in total. The Kier molecular flexibility index (Phi) is 5.68. The van der Waals surface area contributed by atoms with E-state index in [1.807, 2.05) is 0 Å². The number of ether oxygens (including phenoxy) is 1. The second kappa shape index (κ2) is 8.15. The van der Waals surface area contributed by atoms with Crippen LogP contribution in [0.2, 0.25) is 0 Å². The van der Waals surface area contributed by atoms with E-state index in [2.05, 4.69) is 10.4 Å². The third-order valence-electron chi connectivity index (χ3n) is 4.42. The predicted octanol–water partition coefficient (Wildman–Crippen LogP) is 2.40. The zero-order valence-corrected chi connectivity index (χ0v) is 14.8. The Balaban J connectivity index is 1.71. The third kappa shape index (κ3) is 4.24. The van der Waals surface area contributed by atoms with Gasteiger partial charge >= 0.3 is 0 Å². The number of nitrogens with zero attached hydrogens (tertiary/aromatic N) is 3. The first-order chi connectivity index (χ1) is 13.0. The number of hydrogen-bond acceptors (Lipinski definition) is 4. The maximum absolute atomic E-state index is 12.8. The molecule has 144 valence electrons. The van der Waals surface area contributed by atoms with Crippen LogP contribution in [0.4, 0.5) is 14.5 Å². The summed E-state index contributed by atoms with van der Waals surface area (Å²) in [5, 5.41) is 6.56. The SMILES string of the molecule is COc1ccc(NC(=O)C2CCCN2C(=O)c2ccnn2CC(F)F)cc1. The lowest BCUT2D eigenvalue weighted by Crippen LogP contribution is -2.43. The highest BCUT2D eigenvalue weighted by Crippen LogP contribution is 2.23. The van der Waals surface area contributed by atoms with Crippen molar-refractivity contribution in [2.45, 2.75) is 31.9 Å². The van der Waals surface area contributed by atoms with Gasteiger partial charge in [0.2, 0.25) is 5.91 Å². The van der Waals surface area contributed by atoms with Gasteiger partial charge in [-0.05, 0) is 43.2 Å². The standard InChI is InChI=1S/C18H20F2N4O3/c1-27-13-6-4-12(5-7-13)22-17(25)14-3-2-10-23(14)18(26)15-8-9-21-24(15)11-16(19)20/h4-9,14,16H,2-3,10-11H2,1H3,(H,22,25). The quantitative estimate of drug-likeness (QED) is 0.838. The summed E-state index contributed by atoms with van der Waals surface area (Å²) in [6.07, 6.45) is -0.145. The van der Waals surface area contributed by atoms with Crippen LogP contribution in [0.15, 0.2) is 36.5 Å². The van der Waals surface area contributed by atoms with E-state index in [0.717, 1.165) is 4.68 Å². The molecule has 1 aromatic carbocycles. The van der Waals surface area contributed by atoms with Gasteiger partial charge in [0, 0.05) is 18.4 Å².